The number of carbonyl (C=O) groups excluding carboxylic acids is 2. The van der Waals surface area contributed by atoms with Gasteiger partial charge in [0.05, 0.1) is 11.1 Å². The van der Waals surface area contributed by atoms with Crippen molar-refractivity contribution in [3.63, 3.8) is 0 Å². The highest BCUT2D eigenvalue weighted by atomic mass is 35.5. The third-order valence-electron chi connectivity index (χ3n) is 6.79. The molecule has 1 heterocycles. The van der Waals surface area contributed by atoms with E-state index in [-0.39, 0.29) is 57.5 Å². The number of hydrogen-bond donors (Lipinski definition) is 2. The van der Waals surface area contributed by atoms with Crippen molar-refractivity contribution in [3.8, 4) is 57.2 Å². The Morgan fingerprint density at radius 1 is 0.689 bits per heavy atom. The molecule has 0 fully saturated rings. The molecule has 0 aliphatic heterocycles. The summed E-state index contributed by atoms with van der Waals surface area (Å²) in [5, 5.41) is 21.7. The number of halogens is 2. The van der Waals surface area contributed by atoms with Gasteiger partial charge in [-0.05, 0) is 61.4 Å². The van der Waals surface area contributed by atoms with Gasteiger partial charge in [0.15, 0.2) is 17.5 Å². The molecule has 0 saturated carbocycles. The molecular formula is C33H34Cl2N4O6. The van der Waals surface area contributed by atoms with Crippen molar-refractivity contribution >= 4 is 40.8 Å². The van der Waals surface area contributed by atoms with Crippen molar-refractivity contribution in [2.45, 2.75) is 39.5 Å². The molecule has 236 valence electrons. The zero-order valence-corrected chi connectivity index (χ0v) is 26.5. The molecule has 45 heavy (non-hydrogen) atoms. The summed E-state index contributed by atoms with van der Waals surface area (Å²) >= 11 is 11.1. The smallest absolute Gasteiger partial charge is 0.326 e. The first kappa shape index (κ1) is 33.5. The lowest BCUT2D eigenvalue weighted by Crippen LogP contribution is -2.25. The average Bonchev–Trinajstić information content (AvgIpc) is 3.04. The average molecular weight is 654 g/mol. The van der Waals surface area contributed by atoms with Crippen molar-refractivity contribution < 1.29 is 29.3 Å². The predicted molar refractivity (Wildman–Crippen MR) is 174 cm³/mol. The molecule has 0 unspecified atom stereocenters. The van der Waals surface area contributed by atoms with Gasteiger partial charge < -0.3 is 24.6 Å². The van der Waals surface area contributed by atoms with Gasteiger partial charge in [0.25, 0.3) is 0 Å². The van der Waals surface area contributed by atoms with E-state index in [1.54, 1.807) is 0 Å². The molecule has 0 aliphatic rings. The Morgan fingerprint density at radius 3 is 1.53 bits per heavy atom. The molecule has 0 spiro atoms. The molecular weight excluding hydrogens is 619 g/mol. The second kappa shape index (κ2) is 16.1. The molecule has 0 aliphatic carbocycles. The lowest BCUT2D eigenvalue weighted by atomic mass is 10.1. The van der Waals surface area contributed by atoms with E-state index in [0.717, 1.165) is 44.5 Å². The Morgan fingerprint density at radius 2 is 1.13 bits per heavy atom. The van der Waals surface area contributed by atoms with Crippen LogP contribution in [0.5, 0.6) is 23.0 Å². The summed E-state index contributed by atoms with van der Waals surface area (Å²) in [6, 6.07) is 16.4. The van der Waals surface area contributed by atoms with Crippen molar-refractivity contribution in [3.05, 3.63) is 60.7 Å². The molecule has 0 amide bonds. The minimum Gasteiger partial charge on any atom is -0.507 e. The van der Waals surface area contributed by atoms with Crippen LogP contribution >= 0.6 is 23.2 Å². The summed E-state index contributed by atoms with van der Waals surface area (Å²) in [5.41, 5.74) is 2.25. The zero-order valence-electron chi connectivity index (χ0n) is 25.0. The fourth-order valence-electron chi connectivity index (χ4n) is 4.48. The van der Waals surface area contributed by atoms with Crippen molar-refractivity contribution in [2.24, 2.45) is 0 Å². The van der Waals surface area contributed by atoms with Crippen LogP contribution in [0.2, 0.25) is 0 Å². The quantitative estimate of drug-likeness (QED) is 0.0834. The number of carbonyl (C=O) groups is 2. The van der Waals surface area contributed by atoms with Crippen LogP contribution in [0.3, 0.4) is 0 Å². The number of rotatable bonds is 14. The molecule has 0 saturated heterocycles. The molecule has 3 aromatic carbocycles. The molecule has 12 heteroatoms. The van der Waals surface area contributed by atoms with E-state index in [2.05, 4.69) is 33.7 Å². The van der Waals surface area contributed by atoms with Crippen LogP contribution in [0.4, 0.5) is 5.69 Å². The molecule has 2 N–H and O–H groups in total. The van der Waals surface area contributed by atoms with Crippen LogP contribution in [-0.4, -0.2) is 62.0 Å². The van der Waals surface area contributed by atoms with Gasteiger partial charge in [-0.15, -0.1) is 23.2 Å². The molecule has 0 atom stereocenters. The summed E-state index contributed by atoms with van der Waals surface area (Å²) in [6.45, 7) is 6.26. The molecule has 10 nitrogen and oxygen atoms in total. The van der Waals surface area contributed by atoms with Crippen LogP contribution in [0.1, 0.15) is 39.5 Å². The first-order valence-corrected chi connectivity index (χ1v) is 15.6. The predicted octanol–water partition coefficient (Wildman–Crippen LogP) is 6.98. The van der Waals surface area contributed by atoms with Gasteiger partial charge in [0, 0.05) is 36.5 Å². The number of ether oxygens (including phenoxy) is 2. The molecule has 1 aromatic heterocycles. The van der Waals surface area contributed by atoms with Gasteiger partial charge in [0.2, 0.25) is 0 Å². The largest absolute Gasteiger partial charge is 0.507 e. The number of alkyl halides is 2. The molecule has 0 bridgehead atoms. The first-order valence-electron chi connectivity index (χ1n) is 14.6. The number of benzene rings is 3. The standard InChI is InChI=1S/C33H34Cl2N4O6/c1-3-5-15-39(16-6-4-2)22-9-7-21(8-10-22)31-36-32(25-13-11-23(17-27(25)40)44-29(42)19-34)38-33(37-31)26-14-12-24(18-28(26)41)45-30(43)20-35/h7-14,17-18,40-41H,3-6,15-16,19-20H2,1-2H3. The summed E-state index contributed by atoms with van der Waals surface area (Å²) in [6.07, 6.45) is 4.38. The second-order valence-electron chi connectivity index (χ2n) is 10.1. The number of phenolic OH excluding ortho intramolecular Hbond substituents is 2. The van der Waals surface area contributed by atoms with E-state index >= 15 is 0 Å². The van der Waals surface area contributed by atoms with Crippen molar-refractivity contribution in [1.82, 2.24) is 15.0 Å². The summed E-state index contributed by atoms with van der Waals surface area (Å²) in [4.78, 5) is 39.5. The Hall–Kier alpha value is -4.41. The number of unbranched alkanes of at least 4 members (excludes halogenated alkanes) is 2. The summed E-state index contributed by atoms with van der Waals surface area (Å²) in [7, 11) is 0. The van der Waals surface area contributed by atoms with E-state index in [1.807, 2.05) is 24.3 Å². The Balaban J connectivity index is 1.78. The van der Waals surface area contributed by atoms with Crippen LogP contribution < -0.4 is 14.4 Å². The number of esters is 2. The zero-order chi connectivity index (χ0) is 32.3. The topological polar surface area (TPSA) is 135 Å². The SMILES string of the molecule is CCCCN(CCCC)c1ccc(-c2nc(-c3ccc(OC(=O)CCl)cc3O)nc(-c3ccc(OC(=O)CCl)cc3O)n2)cc1. The van der Waals surface area contributed by atoms with Crippen LogP contribution in [0.25, 0.3) is 34.2 Å². The van der Waals surface area contributed by atoms with Crippen molar-refractivity contribution in [1.29, 1.82) is 0 Å². The van der Waals surface area contributed by atoms with Crippen molar-refractivity contribution in [2.75, 3.05) is 29.7 Å². The van der Waals surface area contributed by atoms with Gasteiger partial charge >= 0.3 is 11.9 Å². The number of hydrogen-bond acceptors (Lipinski definition) is 10. The summed E-state index contributed by atoms with van der Waals surface area (Å²) < 4.78 is 10.2. The molecule has 4 aromatic rings. The van der Waals surface area contributed by atoms with Crippen LogP contribution in [0.15, 0.2) is 60.7 Å². The third-order valence-corrected chi connectivity index (χ3v) is 7.23. The minimum absolute atomic E-state index is 0.0995. The third kappa shape index (κ3) is 8.83. The normalized spacial score (nSPS) is 10.8. The lowest BCUT2D eigenvalue weighted by molar-refractivity contribution is -0.132. The van der Waals surface area contributed by atoms with E-state index in [9.17, 15) is 19.8 Å². The maximum absolute atomic E-state index is 11.6. The number of nitrogens with zero attached hydrogens (tertiary/aromatic N) is 4. The van der Waals surface area contributed by atoms with Crippen LogP contribution in [0, 0.1) is 0 Å². The molecule has 4 rings (SSSR count). The highest BCUT2D eigenvalue weighted by Gasteiger charge is 2.19. The van der Waals surface area contributed by atoms with Gasteiger partial charge in [-0.2, -0.15) is 0 Å². The Labute approximate surface area is 271 Å². The van der Waals surface area contributed by atoms with Gasteiger partial charge in [0.1, 0.15) is 34.8 Å². The Kier molecular flexibility index (Phi) is 11.9. The van der Waals surface area contributed by atoms with E-state index < -0.39 is 11.9 Å². The van der Waals surface area contributed by atoms with Gasteiger partial charge in [-0.1, -0.05) is 26.7 Å². The minimum atomic E-state index is -0.671. The number of aromatic hydroxyl groups is 2. The fourth-order valence-corrected chi connectivity index (χ4v) is 4.59. The van der Waals surface area contributed by atoms with E-state index in [0.29, 0.717) is 11.4 Å². The highest BCUT2D eigenvalue weighted by Crippen LogP contribution is 2.36. The first-order chi connectivity index (χ1) is 21.8. The molecule has 0 radical (unpaired) electrons. The highest BCUT2D eigenvalue weighted by molar-refractivity contribution is 6.26. The van der Waals surface area contributed by atoms with Gasteiger partial charge in [-0.25, -0.2) is 15.0 Å². The number of aromatic nitrogens is 3. The lowest BCUT2D eigenvalue weighted by Gasteiger charge is -2.25. The number of phenols is 2. The maximum Gasteiger partial charge on any atom is 0.326 e. The van der Waals surface area contributed by atoms with E-state index in [4.69, 9.17) is 32.7 Å². The van der Waals surface area contributed by atoms with Crippen LogP contribution in [-0.2, 0) is 9.59 Å². The monoisotopic (exact) mass is 652 g/mol. The van der Waals surface area contributed by atoms with Gasteiger partial charge in [-0.3, -0.25) is 9.59 Å². The second-order valence-corrected chi connectivity index (χ2v) is 10.7. The number of anilines is 1. The maximum atomic E-state index is 11.6. The van der Waals surface area contributed by atoms with E-state index in [1.165, 1.54) is 36.4 Å². The Bertz CT molecular complexity index is 1540. The summed E-state index contributed by atoms with van der Waals surface area (Å²) in [5.74, 6) is -1.81. The fraction of sp³-hybridized carbons (Fsp3) is 0.303.